The molecular weight excluding hydrogens is 418 g/mol. The van der Waals surface area contributed by atoms with Crippen LogP contribution in [0.2, 0.25) is 5.02 Å². The first-order valence-corrected chi connectivity index (χ1v) is 10.7. The Balaban J connectivity index is 1.86. The van der Waals surface area contributed by atoms with Crippen molar-refractivity contribution in [1.82, 2.24) is 4.31 Å². The number of aryl methyl sites for hydroxylation is 1. The summed E-state index contributed by atoms with van der Waals surface area (Å²) in [5, 5.41) is 12.1. The van der Waals surface area contributed by atoms with Crippen LogP contribution in [-0.4, -0.2) is 43.9 Å². The zero-order valence-corrected chi connectivity index (χ0v) is 17.7. The van der Waals surface area contributed by atoms with Crippen LogP contribution < -0.4 is 5.32 Å². The zero-order chi connectivity index (χ0) is 21.3. The van der Waals surface area contributed by atoms with Gasteiger partial charge in [-0.15, -0.1) is 0 Å². The third kappa shape index (κ3) is 4.46. The van der Waals surface area contributed by atoms with E-state index in [0.29, 0.717) is 5.02 Å². The number of nitrogens with one attached hydrogen (secondary N) is 1. The lowest BCUT2D eigenvalue weighted by molar-refractivity contribution is -0.0441. The minimum Gasteiger partial charge on any atom is -0.455 e. The maximum Gasteiger partial charge on any atom is 0.291 e. The molecule has 0 unspecified atom stereocenters. The third-order valence-corrected chi connectivity index (χ3v) is 6.62. The molecule has 1 aromatic carbocycles. The zero-order valence-electron chi connectivity index (χ0n) is 16.1. The highest BCUT2D eigenvalue weighted by Crippen LogP contribution is 2.27. The van der Waals surface area contributed by atoms with Crippen LogP contribution in [0.1, 0.15) is 35.7 Å². The second-order valence-corrected chi connectivity index (χ2v) is 9.21. The number of carbonyl (C=O) groups excluding carboxylic acids is 1. The van der Waals surface area contributed by atoms with Crippen LogP contribution in [0.4, 0.5) is 5.69 Å². The van der Waals surface area contributed by atoms with Gasteiger partial charge in [0.15, 0.2) is 5.76 Å². The molecule has 0 saturated carbocycles. The first-order valence-electron chi connectivity index (χ1n) is 8.89. The molecule has 1 aliphatic heterocycles. The summed E-state index contributed by atoms with van der Waals surface area (Å²) in [6.45, 7) is 5.53. The summed E-state index contributed by atoms with van der Waals surface area (Å²) < 4.78 is 38.4. The summed E-state index contributed by atoms with van der Waals surface area (Å²) in [5.41, 5.74) is 0.425. The summed E-state index contributed by atoms with van der Waals surface area (Å²) in [6, 6.07) is 7.58. The SMILES string of the molecule is Cc1oc(C(=O)Nc2ccc(Cl)cc2C#N)cc1S(=O)(=O)N1C[C@@H](C)O[C@@H](C)C1. The number of carbonyl (C=O) groups is 1. The average molecular weight is 438 g/mol. The lowest BCUT2D eigenvalue weighted by Gasteiger charge is -2.34. The largest absolute Gasteiger partial charge is 0.455 e. The maximum absolute atomic E-state index is 13.1. The third-order valence-electron chi connectivity index (χ3n) is 4.45. The fourth-order valence-corrected chi connectivity index (χ4v) is 5.12. The molecule has 1 saturated heterocycles. The molecule has 1 aliphatic rings. The fraction of sp³-hybridized carbons (Fsp3) is 0.368. The van der Waals surface area contributed by atoms with Crippen molar-refractivity contribution < 1.29 is 22.4 Å². The number of morpholine rings is 1. The molecule has 0 spiro atoms. The summed E-state index contributed by atoms with van der Waals surface area (Å²) >= 11 is 5.86. The Bertz CT molecular complexity index is 1080. The highest BCUT2D eigenvalue weighted by atomic mass is 35.5. The number of hydrogen-bond donors (Lipinski definition) is 1. The second kappa shape index (κ2) is 8.16. The molecule has 8 nitrogen and oxygen atoms in total. The molecule has 2 heterocycles. The Morgan fingerprint density at radius 2 is 1.93 bits per heavy atom. The molecule has 0 radical (unpaired) electrons. The van der Waals surface area contributed by atoms with Gasteiger partial charge in [-0.1, -0.05) is 11.6 Å². The number of benzene rings is 1. The molecule has 154 valence electrons. The van der Waals surface area contributed by atoms with Gasteiger partial charge in [0.1, 0.15) is 16.7 Å². The lowest BCUT2D eigenvalue weighted by Crippen LogP contribution is -2.48. The fourth-order valence-electron chi connectivity index (χ4n) is 3.20. The molecule has 2 aromatic rings. The van der Waals surface area contributed by atoms with Gasteiger partial charge in [0, 0.05) is 24.2 Å². The van der Waals surface area contributed by atoms with E-state index in [1.807, 2.05) is 6.07 Å². The maximum atomic E-state index is 13.1. The van der Waals surface area contributed by atoms with Crippen LogP contribution in [0, 0.1) is 18.3 Å². The molecule has 0 bridgehead atoms. The molecule has 1 amide bonds. The van der Waals surface area contributed by atoms with Crippen LogP contribution >= 0.6 is 11.6 Å². The first kappa shape index (κ1) is 21.3. The van der Waals surface area contributed by atoms with Gasteiger partial charge >= 0.3 is 0 Å². The van der Waals surface area contributed by atoms with Crippen molar-refractivity contribution in [2.24, 2.45) is 0 Å². The van der Waals surface area contributed by atoms with Gasteiger partial charge in [-0.3, -0.25) is 4.79 Å². The number of halogens is 1. The number of nitriles is 1. The van der Waals surface area contributed by atoms with Crippen molar-refractivity contribution in [2.75, 3.05) is 18.4 Å². The summed E-state index contributed by atoms with van der Waals surface area (Å²) in [7, 11) is -3.85. The number of furan rings is 1. The Morgan fingerprint density at radius 3 is 2.55 bits per heavy atom. The summed E-state index contributed by atoms with van der Waals surface area (Å²) in [6.07, 6.45) is -0.476. The Hall–Kier alpha value is -2.38. The van der Waals surface area contributed by atoms with Crippen molar-refractivity contribution in [3.05, 3.63) is 46.4 Å². The topological polar surface area (TPSA) is 113 Å². The molecule has 1 aromatic heterocycles. The highest BCUT2D eigenvalue weighted by molar-refractivity contribution is 7.89. The van der Waals surface area contributed by atoms with E-state index in [-0.39, 0.29) is 53.0 Å². The highest BCUT2D eigenvalue weighted by Gasteiger charge is 2.35. The van der Waals surface area contributed by atoms with Crippen LogP contribution in [0.3, 0.4) is 0 Å². The molecule has 1 N–H and O–H groups in total. The van der Waals surface area contributed by atoms with Gasteiger partial charge in [0.2, 0.25) is 10.0 Å². The number of rotatable bonds is 4. The van der Waals surface area contributed by atoms with Crippen molar-refractivity contribution >= 4 is 33.2 Å². The Labute approximate surface area is 174 Å². The van der Waals surface area contributed by atoms with E-state index < -0.39 is 15.9 Å². The number of anilines is 1. The van der Waals surface area contributed by atoms with Gasteiger partial charge in [-0.2, -0.15) is 9.57 Å². The van der Waals surface area contributed by atoms with Crippen molar-refractivity contribution in [3.63, 3.8) is 0 Å². The normalized spacial score (nSPS) is 20.2. The van der Waals surface area contributed by atoms with Crippen molar-refractivity contribution in [2.45, 2.75) is 37.9 Å². The van der Waals surface area contributed by atoms with E-state index in [0.717, 1.165) is 0 Å². The smallest absolute Gasteiger partial charge is 0.291 e. The second-order valence-electron chi connectivity index (χ2n) is 6.87. The van der Waals surface area contributed by atoms with E-state index in [2.05, 4.69) is 5.32 Å². The number of ether oxygens (including phenoxy) is 1. The minimum atomic E-state index is -3.85. The number of sulfonamides is 1. The summed E-state index contributed by atoms with van der Waals surface area (Å²) in [5.74, 6) is -0.732. The van der Waals surface area contributed by atoms with Crippen LogP contribution in [-0.2, 0) is 14.8 Å². The van der Waals surface area contributed by atoms with Crippen LogP contribution in [0.5, 0.6) is 0 Å². The standard InChI is InChI=1S/C19H20ClN3O5S/c1-11-9-23(10-12(2)27-11)29(25,26)18-7-17(28-13(18)3)19(24)22-16-5-4-15(20)6-14(16)8-21/h4-7,11-12H,9-10H2,1-3H3,(H,22,24)/t11-,12+. The molecular formula is C19H20ClN3O5S. The van der Waals surface area contributed by atoms with Crippen LogP contribution in [0.15, 0.2) is 33.6 Å². The Kier molecular flexibility index (Phi) is 6.00. The first-order chi connectivity index (χ1) is 13.6. The predicted octanol–water partition coefficient (Wildman–Crippen LogP) is 3.16. The van der Waals surface area contributed by atoms with Gasteiger partial charge in [0.25, 0.3) is 5.91 Å². The van der Waals surface area contributed by atoms with E-state index in [1.165, 1.54) is 35.5 Å². The molecule has 29 heavy (non-hydrogen) atoms. The van der Waals surface area contributed by atoms with Gasteiger partial charge in [0.05, 0.1) is 23.5 Å². The predicted molar refractivity (Wildman–Crippen MR) is 106 cm³/mol. The quantitative estimate of drug-likeness (QED) is 0.786. The van der Waals surface area contributed by atoms with Gasteiger partial charge < -0.3 is 14.5 Å². The minimum absolute atomic E-state index is 0.0689. The van der Waals surface area contributed by atoms with Crippen LogP contribution in [0.25, 0.3) is 0 Å². The Morgan fingerprint density at radius 1 is 1.28 bits per heavy atom. The molecule has 10 heteroatoms. The molecule has 3 rings (SSSR count). The number of amides is 1. The molecule has 2 atom stereocenters. The average Bonchev–Trinajstić information content (AvgIpc) is 3.05. The monoisotopic (exact) mass is 437 g/mol. The van der Waals surface area contributed by atoms with E-state index in [9.17, 15) is 18.5 Å². The molecule has 0 aliphatic carbocycles. The number of nitrogens with zero attached hydrogens (tertiary/aromatic N) is 2. The van der Waals surface area contributed by atoms with Gasteiger partial charge in [-0.25, -0.2) is 8.42 Å². The van der Waals surface area contributed by atoms with Crippen molar-refractivity contribution in [3.8, 4) is 6.07 Å². The van der Waals surface area contributed by atoms with E-state index >= 15 is 0 Å². The lowest BCUT2D eigenvalue weighted by atomic mass is 10.2. The summed E-state index contributed by atoms with van der Waals surface area (Å²) in [4.78, 5) is 12.5. The van der Waals surface area contributed by atoms with E-state index in [4.69, 9.17) is 20.8 Å². The van der Waals surface area contributed by atoms with Gasteiger partial charge in [-0.05, 0) is 39.0 Å². The van der Waals surface area contributed by atoms with E-state index in [1.54, 1.807) is 13.8 Å². The van der Waals surface area contributed by atoms with Crippen molar-refractivity contribution in [1.29, 1.82) is 5.26 Å². The number of hydrogen-bond acceptors (Lipinski definition) is 6. The molecule has 1 fully saturated rings.